The molecule has 0 spiro atoms. The van der Waals surface area contributed by atoms with Gasteiger partial charge in [-0.25, -0.2) is 9.78 Å². The summed E-state index contributed by atoms with van der Waals surface area (Å²) in [6, 6.07) is 10.00. The van der Waals surface area contributed by atoms with Gasteiger partial charge in [0.25, 0.3) is 0 Å². The van der Waals surface area contributed by atoms with Crippen molar-refractivity contribution in [2.24, 2.45) is 0 Å². The summed E-state index contributed by atoms with van der Waals surface area (Å²) >= 11 is 1.49. The van der Waals surface area contributed by atoms with Crippen LogP contribution in [0.1, 0.15) is 23.3 Å². The number of anilines is 1. The molecule has 1 saturated heterocycles. The van der Waals surface area contributed by atoms with E-state index in [1.54, 1.807) is 11.1 Å². The van der Waals surface area contributed by atoms with E-state index in [2.05, 4.69) is 22.4 Å². The van der Waals surface area contributed by atoms with Crippen molar-refractivity contribution in [3.05, 3.63) is 47.0 Å². The van der Waals surface area contributed by atoms with E-state index in [1.807, 2.05) is 18.2 Å². The molecule has 22 heavy (non-hydrogen) atoms. The Bertz CT molecular complexity index is 629. The topological polar surface area (TPSA) is 65.5 Å². The normalized spacial score (nSPS) is 18.2. The lowest BCUT2D eigenvalue weighted by molar-refractivity contribution is 0.0883. The van der Waals surface area contributed by atoms with Gasteiger partial charge < -0.3 is 10.0 Å². The maximum atomic E-state index is 12.2. The Hall–Kier alpha value is -1.92. The van der Waals surface area contributed by atoms with Crippen molar-refractivity contribution in [3.8, 4) is 0 Å². The molecule has 1 aromatic heterocycles. The first-order valence-corrected chi connectivity index (χ1v) is 8.25. The number of β-amino-alcohol motifs (C(OH)–C–C–N with tert-alkyl or cyclic N) is 1. The van der Waals surface area contributed by atoms with Crippen molar-refractivity contribution in [2.75, 3.05) is 18.4 Å². The number of carbonyl (C=O) groups excluding carboxylic acids is 1. The molecule has 1 aliphatic heterocycles. The van der Waals surface area contributed by atoms with E-state index in [1.165, 1.54) is 16.9 Å². The van der Waals surface area contributed by atoms with Gasteiger partial charge in [0, 0.05) is 30.6 Å². The van der Waals surface area contributed by atoms with Crippen molar-refractivity contribution < 1.29 is 9.90 Å². The molecule has 3 rings (SSSR count). The Kier molecular flexibility index (Phi) is 4.70. The molecule has 1 fully saturated rings. The number of hydrogen-bond acceptors (Lipinski definition) is 4. The number of amides is 2. The molecule has 2 N–H and O–H groups in total. The predicted octanol–water partition coefficient (Wildman–Crippen LogP) is 2.72. The molecule has 2 amide bonds. The third-order valence-electron chi connectivity index (χ3n) is 3.67. The van der Waals surface area contributed by atoms with Crippen LogP contribution in [0.3, 0.4) is 0 Å². The summed E-state index contributed by atoms with van der Waals surface area (Å²) in [5.41, 5.74) is 1.23. The highest BCUT2D eigenvalue weighted by molar-refractivity contribution is 7.15. The van der Waals surface area contributed by atoms with Gasteiger partial charge >= 0.3 is 6.03 Å². The minimum atomic E-state index is -0.413. The second-order valence-electron chi connectivity index (χ2n) is 5.47. The smallest absolute Gasteiger partial charge is 0.323 e. The van der Waals surface area contributed by atoms with Crippen LogP contribution in [0, 0.1) is 0 Å². The Morgan fingerprint density at radius 2 is 2.23 bits per heavy atom. The molecule has 1 aliphatic rings. The lowest BCUT2D eigenvalue weighted by atomic mass is 10.1. The maximum Gasteiger partial charge on any atom is 0.323 e. The predicted molar refractivity (Wildman–Crippen MR) is 87.2 cm³/mol. The number of thiazole rings is 1. The first-order chi connectivity index (χ1) is 10.7. The Balaban J connectivity index is 1.58. The molecule has 0 radical (unpaired) electrons. The third-order valence-corrected chi connectivity index (χ3v) is 4.59. The summed E-state index contributed by atoms with van der Waals surface area (Å²) < 4.78 is 0. The summed E-state index contributed by atoms with van der Waals surface area (Å²) in [7, 11) is 0. The van der Waals surface area contributed by atoms with Crippen molar-refractivity contribution in [3.63, 3.8) is 0 Å². The molecule has 116 valence electrons. The fourth-order valence-electron chi connectivity index (χ4n) is 2.55. The van der Waals surface area contributed by atoms with E-state index < -0.39 is 6.10 Å². The number of aliphatic hydroxyl groups excluding tert-OH is 1. The van der Waals surface area contributed by atoms with E-state index in [9.17, 15) is 9.90 Å². The first kappa shape index (κ1) is 15.0. The highest BCUT2D eigenvalue weighted by Gasteiger charge is 2.22. The number of aliphatic hydroxyl groups is 1. The van der Waals surface area contributed by atoms with Gasteiger partial charge in [0.1, 0.15) is 0 Å². The Morgan fingerprint density at radius 3 is 3.00 bits per heavy atom. The number of piperidine rings is 1. The molecule has 6 heteroatoms. The van der Waals surface area contributed by atoms with Crippen LogP contribution in [0.15, 0.2) is 36.5 Å². The summed E-state index contributed by atoms with van der Waals surface area (Å²) in [4.78, 5) is 19.2. The number of likely N-dealkylation sites (tertiary alicyclic amines) is 1. The van der Waals surface area contributed by atoms with Crippen LogP contribution in [-0.4, -0.2) is 40.2 Å². The summed E-state index contributed by atoms with van der Waals surface area (Å²) in [6.45, 7) is 1.08. The molecule has 1 aromatic carbocycles. The van der Waals surface area contributed by atoms with Crippen LogP contribution in [0.25, 0.3) is 0 Å². The monoisotopic (exact) mass is 317 g/mol. The molecular weight excluding hydrogens is 298 g/mol. The van der Waals surface area contributed by atoms with E-state index in [-0.39, 0.29) is 6.03 Å². The van der Waals surface area contributed by atoms with E-state index in [0.717, 1.165) is 24.1 Å². The van der Waals surface area contributed by atoms with Crippen molar-refractivity contribution in [2.45, 2.75) is 25.4 Å². The number of benzene rings is 1. The molecule has 0 saturated carbocycles. The lowest BCUT2D eigenvalue weighted by Gasteiger charge is -2.29. The minimum Gasteiger partial charge on any atom is -0.391 e. The van der Waals surface area contributed by atoms with Gasteiger partial charge in [0.05, 0.1) is 6.10 Å². The third kappa shape index (κ3) is 3.84. The van der Waals surface area contributed by atoms with Crippen LogP contribution in [0.2, 0.25) is 0 Å². The molecule has 0 bridgehead atoms. The SMILES string of the molecule is O=C(Nc1ncc(Cc2ccccc2)s1)N1CCCC(O)C1. The summed E-state index contributed by atoms with van der Waals surface area (Å²) in [6.07, 6.45) is 3.81. The fourth-order valence-corrected chi connectivity index (χ4v) is 3.39. The van der Waals surface area contributed by atoms with Crippen molar-refractivity contribution in [1.82, 2.24) is 9.88 Å². The highest BCUT2D eigenvalue weighted by Crippen LogP contribution is 2.22. The maximum absolute atomic E-state index is 12.2. The molecule has 1 unspecified atom stereocenters. The Morgan fingerprint density at radius 1 is 1.41 bits per heavy atom. The number of aromatic nitrogens is 1. The number of urea groups is 1. The number of nitrogens with zero attached hydrogens (tertiary/aromatic N) is 2. The summed E-state index contributed by atoms with van der Waals surface area (Å²) in [5, 5.41) is 13.1. The van der Waals surface area contributed by atoms with Crippen LogP contribution < -0.4 is 5.32 Å². The largest absolute Gasteiger partial charge is 0.391 e. The number of rotatable bonds is 3. The van der Waals surface area contributed by atoms with Gasteiger partial charge in [0.2, 0.25) is 0 Å². The summed E-state index contributed by atoms with van der Waals surface area (Å²) in [5.74, 6) is 0. The fraction of sp³-hybridized carbons (Fsp3) is 0.375. The van der Waals surface area contributed by atoms with E-state index in [4.69, 9.17) is 0 Å². The zero-order valence-corrected chi connectivity index (χ0v) is 13.1. The molecular formula is C16H19N3O2S. The minimum absolute atomic E-state index is 0.181. The molecule has 2 heterocycles. The number of hydrogen-bond donors (Lipinski definition) is 2. The van der Waals surface area contributed by atoms with Gasteiger partial charge in [-0.15, -0.1) is 11.3 Å². The molecule has 2 aromatic rings. The zero-order chi connectivity index (χ0) is 15.4. The molecule has 5 nitrogen and oxygen atoms in total. The average molecular weight is 317 g/mol. The van der Waals surface area contributed by atoms with Gasteiger partial charge in [-0.2, -0.15) is 0 Å². The number of carbonyl (C=O) groups is 1. The second kappa shape index (κ2) is 6.89. The van der Waals surface area contributed by atoms with Crippen LogP contribution in [0.4, 0.5) is 9.93 Å². The van der Waals surface area contributed by atoms with Crippen molar-refractivity contribution in [1.29, 1.82) is 0 Å². The highest BCUT2D eigenvalue weighted by atomic mass is 32.1. The van der Waals surface area contributed by atoms with Crippen LogP contribution in [-0.2, 0) is 6.42 Å². The second-order valence-corrected chi connectivity index (χ2v) is 6.58. The van der Waals surface area contributed by atoms with Crippen LogP contribution >= 0.6 is 11.3 Å². The molecule has 0 aliphatic carbocycles. The van der Waals surface area contributed by atoms with Gasteiger partial charge in [-0.1, -0.05) is 30.3 Å². The zero-order valence-electron chi connectivity index (χ0n) is 12.2. The van der Waals surface area contributed by atoms with Gasteiger partial charge in [-0.05, 0) is 18.4 Å². The van der Waals surface area contributed by atoms with Crippen molar-refractivity contribution >= 4 is 22.5 Å². The average Bonchev–Trinajstić information content (AvgIpc) is 2.95. The van der Waals surface area contributed by atoms with Gasteiger partial charge in [-0.3, -0.25) is 5.32 Å². The lowest BCUT2D eigenvalue weighted by Crippen LogP contribution is -2.44. The van der Waals surface area contributed by atoms with E-state index >= 15 is 0 Å². The van der Waals surface area contributed by atoms with Crippen LogP contribution in [0.5, 0.6) is 0 Å². The Labute approximate surface area is 133 Å². The van der Waals surface area contributed by atoms with E-state index in [0.29, 0.717) is 18.2 Å². The van der Waals surface area contributed by atoms with Gasteiger partial charge in [0.15, 0.2) is 5.13 Å². The number of nitrogens with one attached hydrogen (secondary N) is 1. The first-order valence-electron chi connectivity index (χ1n) is 7.43. The quantitative estimate of drug-likeness (QED) is 0.915. The molecule has 1 atom stereocenters. The standard InChI is InChI=1S/C16H19N3O2S/c20-13-7-4-8-19(11-13)16(21)18-15-17-10-14(22-15)9-12-5-2-1-3-6-12/h1-3,5-6,10,13,20H,4,7-9,11H2,(H,17,18,21).